The number of nitrogens with one attached hydrogen (secondary N) is 1. The molecule has 0 bridgehead atoms. The summed E-state index contributed by atoms with van der Waals surface area (Å²) in [6.07, 6.45) is 3.82. The summed E-state index contributed by atoms with van der Waals surface area (Å²) in [4.78, 5) is 0. The summed E-state index contributed by atoms with van der Waals surface area (Å²) in [5, 5.41) is 9.30. The van der Waals surface area contributed by atoms with Crippen LogP contribution in [0, 0.1) is 0 Å². The Bertz CT molecular complexity index is 512. The van der Waals surface area contributed by atoms with Crippen LogP contribution in [0.3, 0.4) is 0 Å². The minimum absolute atomic E-state index is 0.409. The van der Waals surface area contributed by atoms with Gasteiger partial charge in [-0.1, -0.05) is 49.1 Å². The van der Waals surface area contributed by atoms with Crippen molar-refractivity contribution in [3.63, 3.8) is 0 Å². The highest BCUT2D eigenvalue weighted by atomic mass is 28.3. The van der Waals surface area contributed by atoms with E-state index in [2.05, 4.69) is 61.2 Å². The first-order chi connectivity index (χ1) is 9.45. The molecule has 1 aromatic carbocycles. The number of rotatable bonds is 6. The van der Waals surface area contributed by atoms with E-state index in [1.54, 1.807) is 0 Å². The summed E-state index contributed by atoms with van der Waals surface area (Å²) >= 11 is 0. The molecule has 0 amide bonds. The van der Waals surface area contributed by atoms with Crippen molar-refractivity contribution in [3.8, 4) is 0 Å². The molecular formula is C16H25N3Si. The molecule has 0 spiro atoms. The Kier molecular flexibility index (Phi) is 4.78. The standard InChI is InChI=1S/C16H25N3Si/c1-14(13-19-11-5-10-18-19)17-12-15-6-8-16(9-7-15)20(2,3)4/h5-11,14,17H,12-13H2,1-4H3. The average molecular weight is 287 g/mol. The zero-order valence-electron chi connectivity index (χ0n) is 12.9. The highest BCUT2D eigenvalue weighted by Crippen LogP contribution is 2.05. The quantitative estimate of drug-likeness (QED) is 0.828. The van der Waals surface area contributed by atoms with E-state index in [9.17, 15) is 0 Å². The van der Waals surface area contributed by atoms with Crippen molar-refractivity contribution in [2.45, 2.75) is 45.7 Å². The molecule has 1 atom stereocenters. The molecule has 3 nitrogen and oxygen atoms in total. The molecular weight excluding hydrogens is 262 g/mol. The summed E-state index contributed by atoms with van der Waals surface area (Å²) in [7, 11) is -1.18. The second-order valence-electron chi connectivity index (χ2n) is 6.46. The van der Waals surface area contributed by atoms with Crippen molar-refractivity contribution < 1.29 is 0 Å². The predicted molar refractivity (Wildman–Crippen MR) is 88.0 cm³/mol. The fourth-order valence-electron chi connectivity index (χ4n) is 2.17. The summed E-state index contributed by atoms with van der Waals surface area (Å²) < 4.78 is 1.96. The maximum atomic E-state index is 4.23. The summed E-state index contributed by atoms with van der Waals surface area (Å²) in [5.41, 5.74) is 1.35. The van der Waals surface area contributed by atoms with Crippen LogP contribution >= 0.6 is 0 Å². The van der Waals surface area contributed by atoms with Crippen molar-refractivity contribution in [2.24, 2.45) is 0 Å². The molecule has 1 N–H and O–H groups in total. The van der Waals surface area contributed by atoms with Gasteiger partial charge in [0.05, 0.1) is 14.6 Å². The molecule has 108 valence electrons. The zero-order chi connectivity index (χ0) is 14.6. The third kappa shape index (κ3) is 4.32. The Morgan fingerprint density at radius 2 is 1.90 bits per heavy atom. The van der Waals surface area contributed by atoms with Crippen molar-refractivity contribution >= 4 is 13.3 Å². The van der Waals surface area contributed by atoms with Crippen LogP contribution in [-0.2, 0) is 13.1 Å². The van der Waals surface area contributed by atoms with Crippen LogP contribution in [-0.4, -0.2) is 23.9 Å². The molecule has 1 aromatic heterocycles. The number of hydrogen-bond donors (Lipinski definition) is 1. The Hall–Kier alpha value is -1.39. The topological polar surface area (TPSA) is 29.9 Å². The van der Waals surface area contributed by atoms with E-state index in [0.717, 1.165) is 13.1 Å². The molecule has 2 aromatic rings. The maximum absolute atomic E-state index is 4.23. The van der Waals surface area contributed by atoms with Gasteiger partial charge in [0.25, 0.3) is 0 Å². The number of nitrogens with zero attached hydrogens (tertiary/aromatic N) is 2. The van der Waals surface area contributed by atoms with Crippen LogP contribution in [0.5, 0.6) is 0 Å². The van der Waals surface area contributed by atoms with E-state index < -0.39 is 8.07 Å². The molecule has 20 heavy (non-hydrogen) atoms. The van der Waals surface area contributed by atoms with Gasteiger partial charge >= 0.3 is 0 Å². The van der Waals surface area contributed by atoms with Crippen LogP contribution in [0.1, 0.15) is 12.5 Å². The Morgan fingerprint density at radius 1 is 1.20 bits per heavy atom. The largest absolute Gasteiger partial charge is 0.308 e. The Labute approximate surface area is 123 Å². The van der Waals surface area contributed by atoms with Crippen LogP contribution in [0.25, 0.3) is 0 Å². The average Bonchev–Trinajstić information content (AvgIpc) is 2.88. The van der Waals surface area contributed by atoms with Crippen molar-refractivity contribution in [3.05, 3.63) is 48.3 Å². The van der Waals surface area contributed by atoms with Gasteiger partial charge in [-0.05, 0) is 18.6 Å². The van der Waals surface area contributed by atoms with Gasteiger partial charge in [0.2, 0.25) is 0 Å². The van der Waals surface area contributed by atoms with Gasteiger partial charge in [0, 0.05) is 25.0 Å². The highest BCUT2D eigenvalue weighted by Gasteiger charge is 2.15. The molecule has 0 saturated heterocycles. The molecule has 0 saturated carbocycles. The predicted octanol–water partition coefficient (Wildman–Crippen LogP) is 2.61. The summed E-state index contributed by atoms with van der Waals surface area (Å²) in [6, 6.07) is 11.5. The number of hydrogen-bond acceptors (Lipinski definition) is 2. The van der Waals surface area contributed by atoms with Gasteiger partial charge in [0.1, 0.15) is 0 Å². The number of aromatic nitrogens is 2. The lowest BCUT2D eigenvalue weighted by Crippen LogP contribution is -2.37. The van der Waals surface area contributed by atoms with Crippen molar-refractivity contribution in [1.82, 2.24) is 15.1 Å². The van der Waals surface area contributed by atoms with Gasteiger partial charge < -0.3 is 5.32 Å². The smallest absolute Gasteiger partial charge is 0.0775 e. The molecule has 2 rings (SSSR count). The molecule has 0 radical (unpaired) electrons. The Morgan fingerprint density at radius 3 is 2.45 bits per heavy atom. The lowest BCUT2D eigenvalue weighted by Gasteiger charge is -2.18. The molecule has 1 unspecified atom stereocenters. The fourth-order valence-corrected chi connectivity index (χ4v) is 3.33. The van der Waals surface area contributed by atoms with E-state index >= 15 is 0 Å². The molecule has 0 aliphatic heterocycles. The minimum Gasteiger partial charge on any atom is -0.308 e. The second kappa shape index (κ2) is 6.37. The second-order valence-corrected chi connectivity index (χ2v) is 11.5. The summed E-state index contributed by atoms with van der Waals surface area (Å²) in [5.74, 6) is 0. The monoisotopic (exact) mass is 287 g/mol. The van der Waals surface area contributed by atoms with Gasteiger partial charge in [-0.3, -0.25) is 4.68 Å². The van der Waals surface area contributed by atoms with E-state index in [-0.39, 0.29) is 0 Å². The molecule has 1 heterocycles. The van der Waals surface area contributed by atoms with E-state index in [1.807, 2.05) is 23.1 Å². The van der Waals surface area contributed by atoms with Crippen LogP contribution in [0.2, 0.25) is 19.6 Å². The van der Waals surface area contributed by atoms with Crippen LogP contribution in [0.15, 0.2) is 42.7 Å². The molecule has 0 fully saturated rings. The first kappa shape index (κ1) is 15.0. The van der Waals surface area contributed by atoms with Gasteiger partial charge in [0.15, 0.2) is 0 Å². The normalized spacial score (nSPS) is 13.4. The maximum Gasteiger partial charge on any atom is 0.0775 e. The molecule has 0 aliphatic rings. The zero-order valence-corrected chi connectivity index (χ0v) is 13.9. The van der Waals surface area contributed by atoms with Gasteiger partial charge in [-0.15, -0.1) is 0 Å². The van der Waals surface area contributed by atoms with E-state index in [0.29, 0.717) is 6.04 Å². The fraction of sp³-hybridized carbons (Fsp3) is 0.438. The SMILES string of the molecule is CC(Cn1cccn1)NCc1ccc([Si](C)(C)C)cc1. The lowest BCUT2D eigenvalue weighted by atomic mass is 10.2. The van der Waals surface area contributed by atoms with Crippen molar-refractivity contribution in [1.29, 1.82) is 0 Å². The third-order valence-corrected chi connectivity index (χ3v) is 5.56. The van der Waals surface area contributed by atoms with Crippen LogP contribution < -0.4 is 10.5 Å². The number of benzene rings is 1. The van der Waals surface area contributed by atoms with Gasteiger partial charge in [-0.25, -0.2) is 0 Å². The first-order valence-corrected chi connectivity index (χ1v) is 10.8. The molecule has 0 aliphatic carbocycles. The van der Waals surface area contributed by atoms with Crippen LogP contribution in [0.4, 0.5) is 0 Å². The minimum atomic E-state index is -1.18. The third-order valence-electron chi connectivity index (χ3n) is 3.49. The molecule has 4 heteroatoms. The highest BCUT2D eigenvalue weighted by molar-refractivity contribution is 6.88. The van der Waals surface area contributed by atoms with Gasteiger partial charge in [-0.2, -0.15) is 5.10 Å². The Balaban J connectivity index is 1.84. The summed E-state index contributed by atoms with van der Waals surface area (Å²) in [6.45, 7) is 11.2. The van der Waals surface area contributed by atoms with E-state index in [4.69, 9.17) is 0 Å². The van der Waals surface area contributed by atoms with Crippen molar-refractivity contribution in [2.75, 3.05) is 0 Å². The first-order valence-electron chi connectivity index (χ1n) is 7.25. The van der Waals surface area contributed by atoms with E-state index in [1.165, 1.54) is 10.8 Å². The lowest BCUT2D eigenvalue weighted by molar-refractivity contribution is 0.451.